The van der Waals surface area contributed by atoms with Gasteiger partial charge in [0.1, 0.15) is 0 Å². The third-order valence-corrected chi connectivity index (χ3v) is 3.00. The molecule has 1 rings (SSSR count). The fourth-order valence-corrected chi connectivity index (χ4v) is 1.81. The number of nitrogens with one attached hydrogen (secondary N) is 1. The zero-order valence-corrected chi connectivity index (χ0v) is 10.7. The van der Waals surface area contributed by atoms with Crippen LogP contribution >= 0.6 is 11.6 Å². The van der Waals surface area contributed by atoms with Crippen LogP contribution in [0.1, 0.15) is 31.2 Å². The van der Waals surface area contributed by atoms with Crippen molar-refractivity contribution >= 4 is 11.6 Å². The van der Waals surface area contributed by atoms with Gasteiger partial charge in [-0.3, -0.25) is 4.68 Å². The summed E-state index contributed by atoms with van der Waals surface area (Å²) in [5.74, 6) is 0. The molecule has 16 heavy (non-hydrogen) atoms. The molecule has 4 nitrogen and oxygen atoms in total. The highest BCUT2D eigenvalue weighted by Crippen LogP contribution is 2.19. The summed E-state index contributed by atoms with van der Waals surface area (Å²) in [5, 5.41) is 17.1. The Morgan fingerprint density at radius 1 is 1.44 bits per heavy atom. The van der Waals surface area contributed by atoms with Gasteiger partial charge in [0.15, 0.2) is 0 Å². The highest BCUT2D eigenvalue weighted by atomic mass is 35.5. The van der Waals surface area contributed by atoms with Gasteiger partial charge in [0.05, 0.1) is 16.4 Å². The Morgan fingerprint density at radius 3 is 2.81 bits per heavy atom. The number of aromatic nitrogens is 2. The Bertz CT molecular complexity index is 325. The standard InChI is InChI=1S/C11H20ClN3O/c1-3-15-10(11(12)9(2)14-15)8-13-6-4-5-7-16/h13,16H,3-8H2,1-2H3. The van der Waals surface area contributed by atoms with Crippen LogP contribution in [0, 0.1) is 6.92 Å². The molecule has 2 N–H and O–H groups in total. The minimum Gasteiger partial charge on any atom is -0.396 e. The molecule has 0 spiro atoms. The van der Waals surface area contributed by atoms with Crippen molar-refractivity contribution in [2.75, 3.05) is 13.2 Å². The lowest BCUT2D eigenvalue weighted by Crippen LogP contribution is -2.18. The first-order valence-electron chi connectivity index (χ1n) is 5.74. The van der Waals surface area contributed by atoms with Crippen molar-refractivity contribution in [2.24, 2.45) is 0 Å². The fraction of sp³-hybridized carbons (Fsp3) is 0.727. The lowest BCUT2D eigenvalue weighted by Gasteiger charge is -2.06. The van der Waals surface area contributed by atoms with Crippen LogP contribution in [-0.4, -0.2) is 28.0 Å². The number of aryl methyl sites for hydroxylation is 2. The summed E-state index contributed by atoms with van der Waals surface area (Å²) in [4.78, 5) is 0. The molecule has 1 heterocycles. The number of halogens is 1. The molecule has 1 aromatic rings. The molecule has 0 amide bonds. The maximum Gasteiger partial charge on any atom is 0.0860 e. The van der Waals surface area contributed by atoms with Crippen molar-refractivity contribution in [1.29, 1.82) is 0 Å². The average molecular weight is 246 g/mol. The van der Waals surface area contributed by atoms with Crippen LogP contribution < -0.4 is 5.32 Å². The summed E-state index contributed by atoms with van der Waals surface area (Å²) < 4.78 is 1.93. The largest absolute Gasteiger partial charge is 0.396 e. The van der Waals surface area contributed by atoms with Crippen molar-refractivity contribution in [3.8, 4) is 0 Å². The summed E-state index contributed by atoms with van der Waals surface area (Å²) in [6.45, 7) is 6.70. The monoisotopic (exact) mass is 245 g/mol. The van der Waals surface area contributed by atoms with Crippen molar-refractivity contribution in [3.63, 3.8) is 0 Å². The Hall–Kier alpha value is -0.580. The summed E-state index contributed by atoms with van der Waals surface area (Å²) in [6.07, 6.45) is 1.82. The number of unbranched alkanes of at least 4 members (excludes halogenated alkanes) is 1. The molecule has 0 aliphatic heterocycles. The number of hydrogen-bond acceptors (Lipinski definition) is 3. The predicted molar refractivity (Wildman–Crippen MR) is 65.7 cm³/mol. The third kappa shape index (κ3) is 3.47. The highest BCUT2D eigenvalue weighted by Gasteiger charge is 2.11. The summed E-state index contributed by atoms with van der Waals surface area (Å²) in [7, 11) is 0. The van der Waals surface area contributed by atoms with E-state index in [1.807, 2.05) is 11.6 Å². The second-order valence-electron chi connectivity index (χ2n) is 3.77. The van der Waals surface area contributed by atoms with E-state index in [0.29, 0.717) is 0 Å². The number of nitrogens with zero attached hydrogens (tertiary/aromatic N) is 2. The van der Waals surface area contributed by atoms with E-state index < -0.39 is 0 Å². The van der Waals surface area contributed by atoms with Gasteiger partial charge in [-0.05, 0) is 33.2 Å². The van der Waals surface area contributed by atoms with E-state index in [1.54, 1.807) is 0 Å². The Labute approximate surface area is 102 Å². The number of aliphatic hydroxyl groups is 1. The van der Waals surface area contributed by atoms with Crippen LogP contribution in [0.4, 0.5) is 0 Å². The van der Waals surface area contributed by atoms with E-state index in [-0.39, 0.29) is 6.61 Å². The molecule has 92 valence electrons. The molecule has 0 aromatic carbocycles. The molecular formula is C11H20ClN3O. The molecule has 0 radical (unpaired) electrons. The molecule has 0 aliphatic rings. The molecule has 0 aliphatic carbocycles. The molecule has 0 saturated carbocycles. The molecule has 5 heteroatoms. The third-order valence-electron chi connectivity index (χ3n) is 2.51. The van der Waals surface area contributed by atoms with Crippen LogP contribution in [0.3, 0.4) is 0 Å². The molecule has 0 atom stereocenters. The quantitative estimate of drug-likeness (QED) is 0.720. The van der Waals surface area contributed by atoms with Crippen LogP contribution in [0.5, 0.6) is 0 Å². The van der Waals surface area contributed by atoms with Crippen LogP contribution in [0.2, 0.25) is 5.02 Å². The van der Waals surface area contributed by atoms with Gasteiger partial charge in [-0.2, -0.15) is 5.10 Å². The molecule has 0 saturated heterocycles. The van der Waals surface area contributed by atoms with Gasteiger partial charge in [0.25, 0.3) is 0 Å². The average Bonchev–Trinajstić information content (AvgIpc) is 2.56. The van der Waals surface area contributed by atoms with E-state index in [2.05, 4.69) is 17.3 Å². The molecular weight excluding hydrogens is 226 g/mol. The van der Waals surface area contributed by atoms with Gasteiger partial charge in [-0.15, -0.1) is 0 Å². The number of hydrogen-bond donors (Lipinski definition) is 2. The van der Waals surface area contributed by atoms with Crippen LogP contribution in [0.15, 0.2) is 0 Å². The van der Waals surface area contributed by atoms with Crippen molar-refractivity contribution < 1.29 is 5.11 Å². The van der Waals surface area contributed by atoms with E-state index in [9.17, 15) is 0 Å². The van der Waals surface area contributed by atoms with Gasteiger partial charge in [0.2, 0.25) is 0 Å². The minimum absolute atomic E-state index is 0.258. The normalized spacial score (nSPS) is 11.0. The fourth-order valence-electron chi connectivity index (χ4n) is 1.61. The highest BCUT2D eigenvalue weighted by molar-refractivity contribution is 6.31. The van der Waals surface area contributed by atoms with E-state index in [0.717, 1.165) is 48.9 Å². The maximum atomic E-state index is 8.65. The second kappa shape index (κ2) is 6.89. The molecule has 0 fully saturated rings. The van der Waals surface area contributed by atoms with Crippen molar-refractivity contribution in [2.45, 2.75) is 39.8 Å². The van der Waals surface area contributed by atoms with Crippen molar-refractivity contribution in [3.05, 3.63) is 16.4 Å². The summed E-state index contributed by atoms with van der Waals surface area (Å²) >= 11 is 6.17. The second-order valence-corrected chi connectivity index (χ2v) is 4.15. The Balaban J connectivity index is 2.46. The lowest BCUT2D eigenvalue weighted by atomic mass is 10.3. The van der Waals surface area contributed by atoms with Gasteiger partial charge < -0.3 is 10.4 Å². The zero-order chi connectivity index (χ0) is 12.0. The molecule has 0 unspecified atom stereocenters. The Morgan fingerprint density at radius 2 is 2.19 bits per heavy atom. The SMILES string of the molecule is CCn1nc(C)c(Cl)c1CNCCCCO. The van der Waals surface area contributed by atoms with E-state index in [1.165, 1.54) is 0 Å². The zero-order valence-electron chi connectivity index (χ0n) is 9.96. The Kier molecular flexibility index (Phi) is 5.80. The first-order chi connectivity index (χ1) is 7.70. The maximum absolute atomic E-state index is 8.65. The summed E-state index contributed by atoms with van der Waals surface area (Å²) in [6, 6.07) is 0. The van der Waals surface area contributed by atoms with Gasteiger partial charge in [0, 0.05) is 19.7 Å². The van der Waals surface area contributed by atoms with Gasteiger partial charge in [-0.1, -0.05) is 11.6 Å². The molecule has 0 bridgehead atoms. The van der Waals surface area contributed by atoms with E-state index >= 15 is 0 Å². The first kappa shape index (κ1) is 13.5. The van der Waals surface area contributed by atoms with Crippen molar-refractivity contribution in [1.82, 2.24) is 15.1 Å². The predicted octanol–water partition coefficient (Wildman–Crippen LogP) is 1.73. The van der Waals surface area contributed by atoms with E-state index in [4.69, 9.17) is 16.7 Å². The summed E-state index contributed by atoms with van der Waals surface area (Å²) in [5.41, 5.74) is 1.93. The van der Waals surface area contributed by atoms with Gasteiger partial charge >= 0.3 is 0 Å². The van der Waals surface area contributed by atoms with Crippen LogP contribution in [-0.2, 0) is 13.1 Å². The lowest BCUT2D eigenvalue weighted by molar-refractivity contribution is 0.283. The minimum atomic E-state index is 0.258. The van der Waals surface area contributed by atoms with Crippen LogP contribution in [0.25, 0.3) is 0 Å². The number of rotatable bonds is 7. The molecule has 1 aromatic heterocycles. The first-order valence-corrected chi connectivity index (χ1v) is 6.11. The topological polar surface area (TPSA) is 50.1 Å². The smallest absolute Gasteiger partial charge is 0.0860 e. The van der Waals surface area contributed by atoms with Gasteiger partial charge in [-0.25, -0.2) is 0 Å². The number of aliphatic hydroxyl groups excluding tert-OH is 1.